The summed E-state index contributed by atoms with van der Waals surface area (Å²) in [7, 11) is 0. The molecule has 0 radical (unpaired) electrons. The first-order valence-electron chi connectivity index (χ1n) is 32.5. The molecule has 0 rings (SSSR count). The zero-order valence-electron chi connectivity index (χ0n) is 49.4. The van der Waals surface area contributed by atoms with Crippen LogP contribution in [0.15, 0.2) is 72.9 Å². The van der Waals surface area contributed by atoms with E-state index in [0.29, 0.717) is 12.8 Å². The van der Waals surface area contributed by atoms with Crippen LogP contribution in [0.25, 0.3) is 0 Å². The van der Waals surface area contributed by atoms with E-state index in [-0.39, 0.29) is 25.2 Å². The summed E-state index contributed by atoms with van der Waals surface area (Å²) in [4.78, 5) is 24.6. The lowest BCUT2D eigenvalue weighted by Gasteiger charge is -2.15. The number of aliphatic hydroxyl groups is 1. The maximum atomic E-state index is 12.3. The number of aliphatic hydroxyl groups excluding tert-OH is 1. The van der Waals surface area contributed by atoms with E-state index < -0.39 is 6.10 Å². The molecule has 0 saturated carbocycles. The lowest BCUT2D eigenvalue weighted by atomic mass is 10.0. The third kappa shape index (κ3) is 61.9. The van der Waals surface area contributed by atoms with Crippen molar-refractivity contribution in [2.45, 2.75) is 341 Å². The molecule has 5 nitrogen and oxygen atoms in total. The molecule has 0 saturated heterocycles. The van der Waals surface area contributed by atoms with Crippen molar-refractivity contribution in [3.8, 4) is 0 Å². The van der Waals surface area contributed by atoms with Crippen molar-refractivity contribution in [2.75, 3.05) is 13.2 Å². The third-order valence-electron chi connectivity index (χ3n) is 14.5. The van der Waals surface area contributed by atoms with Gasteiger partial charge in [0.2, 0.25) is 0 Å². The van der Waals surface area contributed by atoms with Gasteiger partial charge in [0.1, 0.15) is 6.61 Å². The van der Waals surface area contributed by atoms with E-state index in [2.05, 4.69) is 86.8 Å². The van der Waals surface area contributed by atoms with Gasteiger partial charge in [-0.2, -0.15) is 0 Å². The van der Waals surface area contributed by atoms with E-state index in [1.54, 1.807) is 0 Å². The predicted molar refractivity (Wildman–Crippen MR) is 325 cm³/mol. The Balaban J connectivity index is 3.42. The monoisotopic (exact) mass is 1030 g/mol. The zero-order valence-corrected chi connectivity index (χ0v) is 49.4. The number of carbonyl (C=O) groups excluding carboxylic acids is 2. The standard InChI is InChI=1S/C69H124O5/c1-3-5-7-9-11-13-15-17-19-21-23-25-27-29-31-32-33-34-35-36-38-39-41-43-45-47-49-51-53-55-57-59-61-63-68(71)73-66-67(65-70)74-69(72)64-62-60-58-56-54-52-50-48-46-44-42-40-37-30-28-26-24-22-20-18-16-14-12-10-8-6-4-2/h6,8,12,14-15,17-18,20-21,23-24,26,67,70H,3-5,7,9-11,13,16,19,22,25,27-66H2,1-2H3/b8-6-,14-12-,17-15-,20-18-,23-21-,26-24-. The number of carbonyl (C=O) groups is 2. The molecule has 0 bridgehead atoms. The number of esters is 2. The van der Waals surface area contributed by atoms with E-state index >= 15 is 0 Å². The second kappa shape index (κ2) is 64.6. The summed E-state index contributed by atoms with van der Waals surface area (Å²) < 4.78 is 10.7. The average molecular weight is 1030 g/mol. The SMILES string of the molecule is CC/C=C\C/C=C\C/C=C\C/C=C\CCCCCCCCCCCCCCCCC(=O)OC(CO)COC(=O)CCCCCCCCCCCCCCCCCCCCCCC/C=C\C/C=C\CCCCCCC. The maximum absolute atomic E-state index is 12.3. The Morgan fingerprint density at radius 1 is 0.324 bits per heavy atom. The van der Waals surface area contributed by atoms with Crippen LogP contribution in [0.4, 0.5) is 0 Å². The molecule has 0 heterocycles. The Hall–Kier alpha value is -2.66. The van der Waals surface area contributed by atoms with Gasteiger partial charge in [0.15, 0.2) is 6.10 Å². The summed E-state index contributed by atoms with van der Waals surface area (Å²) in [5, 5.41) is 9.69. The van der Waals surface area contributed by atoms with Crippen LogP contribution in [-0.4, -0.2) is 36.4 Å². The van der Waals surface area contributed by atoms with Gasteiger partial charge in [-0.1, -0.05) is 311 Å². The summed E-state index contributed by atoms with van der Waals surface area (Å²) >= 11 is 0. The topological polar surface area (TPSA) is 72.8 Å². The van der Waals surface area contributed by atoms with Crippen molar-refractivity contribution >= 4 is 11.9 Å². The summed E-state index contributed by atoms with van der Waals surface area (Å²) in [6.07, 6.45) is 89.1. The lowest BCUT2D eigenvalue weighted by molar-refractivity contribution is -0.161. The number of hydrogen-bond acceptors (Lipinski definition) is 5. The van der Waals surface area contributed by atoms with Gasteiger partial charge in [0.05, 0.1) is 6.61 Å². The van der Waals surface area contributed by atoms with Crippen LogP contribution >= 0.6 is 0 Å². The van der Waals surface area contributed by atoms with E-state index in [1.807, 2.05) is 0 Å². The number of rotatable bonds is 60. The van der Waals surface area contributed by atoms with E-state index in [1.165, 1.54) is 238 Å². The van der Waals surface area contributed by atoms with Crippen LogP contribution in [0, 0.1) is 0 Å². The molecule has 1 N–H and O–H groups in total. The van der Waals surface area contributed by atoms with Gasteiger partial charge >= 0.3 is 11.9 Å². The van der Waals surface area contributed by atoms with Crippen molar-refractivity contribution < 1.29 is 24.2 Å². The fraction of sp³-hybridized carbons (Fsp3) is 0.797. The molecular formula is C69H124O5. The highest BCUT2D eigenvalue weighted by atomic mass is 16.6. The molecule has 0 aromatic carbocycles. The first-order valence-corrected chi connectivity index (χ1v) is 32.5. The molecule has 0 spiro atoms. The van der Waals surface area contributed by atoms with E-state index in [0.717, 1.165) is 70.6 Å². The van der Waals surface area contributed by atoms with Gasteiger partial charge in [-0.05, 0) is 83.5 Å². The summed E-state index contributed by atoms with van der Waals surface area (Å²) in [6.45, 7) is 4.06. The lowest BCUT2D eigenvalue weighted by Crippen LogP contribution is -2.28. The molecule has 5 heteroatoms. The number of ether oxygens (including phenoxy) is 2. The quantitative estimate of drug-likeness (QED) is 0.0373. The van der Waals surface area contributed by atoms with Gasteiger partial charge < -0.3 is 14.6 Å². The number of unbranched alkanes of at least 4 members (excludes halogenated alkanes) is 40. The fourth-order valence-corrected chi connectivity index (χ4v) is 9.64. The Kier molecular flexibility index (Phi) is 62.3. The van der Waals surface area contributed by atoms with Crippen molar-refractivity contribution in [3.63, 3.8) is 0 Å². The molecule has 0 fully saturated rings. The Morgan fingerprint density at radius 3 is 0.878 bits per heavy atom. The second-order valence-corrected chi connectivity index (χ2v) is 21.8. The molecule has 0 amide bonds. The minimum absolute atomic E-state index is 0.0639. The number of hydrogen-bond donors (Lipinski definition) is 1. The van der Waals surface area contributed by atoms with Crippen LogP contribution in [0.1, 0.15) is 335 Å². The zero-order chi connectivity index (χ0) is 53.4. The summed E-state index contributed by atoms with van der Waals surface area (Å²) in [5.41, 5.74) is 0. The van der Waals surface area contributed by atoms with Gasteiger partial charge in [-0.3, -0.25) is 9.59 Å². The molecule has 0 aliphatic rings. The second-order valence-electron chi connectivity index (χ2n) is 21.8. The molecular weight excluding hydrogens is 909 g/mol. The van der Waals surface area contributed by atoms with Gasteiger partial charge in [-0.25, -0.2) is 0 Å². The maximum Gasteiger partial charge on any atom is 0.306 e. The normalized spacial score (nSPS) is 12.6. The van der Waals surface area contributed by atoms with E-state index in [9.17, 15) is 14.7 Å². The van der Waals surface area contributed by atoms with Crippen molar-refractivity contribution in [1.82, 2.24) is 0 Å². The molecule has 74 heavy (non-hydrogen) atoms. The van der Waals surface area contributed by atoms with Gasteiger partial charge in [0.25, 0.3) is 0 Å². The average Bonchev–Trinajstić information content (AvgIpc) is 3.40. The summed E-state index contributed by atoms with van der Waals surface area (Å²) in [6, 6.07) is 0. The molecule has 1 atom stereocenters. The largest absolute Gasteiger partial charge is 0.462 e. The molecule has 0 aliphatic carbocycles. The predicted octanol–water partition coefficient (Wildman–Crippen LogP) is 22.3. The Bertz CT molecular complexity index is 1310. The van der Waals surface area contributed by atoms with Crippen LogP contribution in [0.2, 0.25) is 0 Å². The van der Waals surface area contributed by atoms with Crippen molar-refractivity contribution in [2.24, 2.45) is 0 Å². The van der Waals surface area contributed by atoms with Crippen LogP contribution < -0.4 is 0 Å². The van der Waals surface area contributed by atoms with Crippen molar-refractivity contribution in [1.29, 1.82) is 0 Å². The van der Waals surface area contributed by atoms with Gasteiger partial charge in [-0.15, -0.1) is 0 Å². The molecule has 1 unspecified atom stereocenters. The Morgan fingerprint density at radius 2 is 0.581 bits per heavy atom. The van der Waals surface area contributed by atoms with Crippen LogP contribution in [-0.2, 0) is 19.1 Å². The minimum Gasteiger partial charge on any atom is -0.462 e. The molecule has 0 aliphatic heterocycles. The minimum atomic E-state index is -0.774. The highest BCUT2D eigenvalue weighted by molar-refractivity contribution is 5.70. The van der Waals surface area contributed by atoms with Crippen molar-refractivity contribution in [3.05, 3.63) is 72.9 Å². The highest BCUT2D eigenvalue weighted by Gasteiger charge is 2.16. The molecule has 430 valence electrons. The summed E-state index contributed by atoms with van der Waals surface area (Å²) in [5.74, 6) is -0.577. The first kappa shape index (κ1) is 71.3. The third-order valence-corrected chi connectivity index (χ3v) is 14.5. The smallest absolute Gasteiger partial charge is 0.306 e. The van der Waals surface area contributed by atoms with Gasteiger partial charge in [0, 0.05) is 12.8 Å². The highest BCUT2D eigenvalue weighted by Crippen LogP contribution is 2.18. The van der Waals surface area contributed by atoms with Crippen LogP contribution in [0.5, 0.6) is 0 Å². The number of allylic oxidation sites excluding steroid dienone is 12. The first-order chi connectivity index (χ1) is 36.6. The fourth-order valence-electron chi connectivity index (χ4n) is 9.64. The van der Waals surface area contributed by atoms with Crippen LogP contribution in [0.3, 0.4) is 0 Å². The van der Waals surface area contributed by atoms with E-state index in [4.69, 9.17) is 9.47 Å². The molecule has 0 aromatic rings. The molecule has 0 aromatic heterocycles. The Labute approximate surface area is 461 Å².